The maximum Gasteiger partial charge on any atom is 0.243 e. The first-order valence-corrected chi connectivity index (χ1v) is 11.7. The number of rotatable bonds is 6. The van der Waals surface area contributed by atoms with Gasteiger partial charge in [0.25, 0.3) is 0 Å². The molecule has 1 aliphatic rings. The van der Waals surface area contributed by atoms with Crippen LogP contribution in [0.4, 0.5) is 5.69 Å². The molecule has 0 saturated carbocycles. The van der Waals surface area contributed by atoms with Crippen LogP contribution < -0.4 is 5.32 Å². The summed E-state index contributed by atoms with van der Waals surface area (Å²) < 4.78 is 29.2. The van der Waals surface area contributed by atoms with Gasteiger partial charge in [-0.05, 0) is 65.6 Å². The molecule has 0 bridgehead atoms. The molecule has 2 aromatic carbocycles. The number of hydrogen-bond acceptors (Lipinski definition) is 6. The molecule has 10 heteroatoms. The highest BCUT2D eigenvalue weighted by Gasteiger charge is 2.33. The summed E-state index contributed by atoms with van der Waals surface area (Å²) in [6.07, 6.45) is 3.54. The number of aromatic nitrogens is 4. The lowest BCUT2D eigenvalue weighted by Gasteiger charge is -2.31. The van der Waals surface area contributed by atoms with E-state index in [1.165, 1.54) is 27.4 Å². The lowest BCUT2D eigenvalue weighted by Crippen LogP contribution is -2.43. The first-order chi connectivity index (χ1) is 15.0. The monoisotopic (exact) mass is 440 g/mol. The van der Waals surface area contributed by atoms with E-state index in [1.54, 1.807) is 12.1 Å². The fourth-order valence-electron chi connectivity index (χ4n) is 3.76. The number of benzene rings is 2. The predicted octanol–water partition coefficient (Wildman–Crippen LogP) is 2.26. The normalized spacial score (nSPS) is 17.4. The second-order valence-electron chi connectivity index (χ2n) is 7.45. The fraction of sp³-hybridized carbons (Fsp3) is 0.333. The molecular weight excluding hydrogens is 416 g/mol. The molecule has 1 N–H and O–H groups in total. The Morgan fingerprint density at radius 3 is 2.65 bits per heavy atom. The van der Waals surface area contributed by atoms with Crippen molar-refractivity contribution in [3.05, 3.63) is 60.4 Å². The lowest BCUT2D eigenvalue weighted by atomic mass is 9.98. The standard InChI is InChI=1S/C21H24N6O3S/c1-2-16-6-3-4-8-20(16)23-21(28)17-7-5-13-26(14-17)31(29,30)19-11-9-18(10-12-19)27-15-22-24-25-27/h3-4,6,8-12,15,17H,2,5,7,13-14H2,1H3,(H,23,28)/t17-/m1/s1. The predicted molar refractivity (Wildman–Crippen MR) is 115 cm³/mol. The third kappa shape index (κ3) is 4.49. The number of para-hydroxylation sites is 1. The molecule has 0 radical (unpaired) electrons. The summed E-state index contributed by atoms with van der Waals surface area (Å²) in [4.78, 5) is 13.0. The molecule has 1 aliphatic heterocycles. The second kappa shape index (κ2) is 8.94. The Morgan fingerprint density at radius 1 is 1.16 bits per heavy atom. The van der Waals surface area contributed by atoms with Crippen molar-refractivity contribution in [2.75, 3.05) is 18.4 Å². The van der Waals surface area contributed by atoms with Gasteiger partial charge in [-0.3, -0.25) is 4.79 Å². The van der Waals surface area contributed by atoms with Crippen LogP contribution in [0.2, 0.25) is 0 Å². The Bertz CT molecular complexity index is 1150. The largest absolute Gasteiger partial charge is 0.326 e. The van der Waals surface area contributed by atoms with Crippen molar-refractivity contribution in [1.82, 2.24) is 24.5 Å². The van der Waals surface area contributed by atoms with Gasteiger partial charge in [-0.25, -0.2) is 13.1 Å². The average molecular weight is 441 g/mol. The zero-order valence-corrected chi connectivity index (χ0v) is 18.0. The number of carbonyl (C=O) groups excluding carboxylic acids is 1. The SMILES string of the molecule is CCc1ccccc1NC(=O)[C@@H]1CCCN(S(=O)(=O)c2ccc(-n3cnnn3)cc2)C1. The number of tetrazole rings is 1. The number of nitrogens with one attached hydrogen (secondary N) is 1. The lowest BCUT2D eigenvalue weighted by molar-refractivity contribution is -0.120. The number of hydrogen-bond donors (Lipinski definition) is 1. The minimum atomic E-state index is -3.71. The van der Waals surface area contributed by atoms with Gasteiger partial charge >= 0.3 is 0 Å². The molecule has 1 saturated heterocycles. The van der Waals surface area contributed by atoms with Gasteiger partial charge in [-0.2, -0.15) is 4.31 Å². The first-order valence-electron chi connectivity index (χ1n) is 10.2. The van der Waals surface area contributed by atoms with Crippen molar-refractivity contribution in [3.8, 4) is 5.69 Å². The molecule has 31 heavy (non-hydrogen) atoms. The summed E-state index contributed by atoms with van der Waals surface area (Å²) in [7, 11) is -3.71. The number of sulfonamides is 1. The quantitative estimate of drug-likeness (QED) is 0.630. The molecule has 9 nitrogen and oxygen atoms in total. The van der Waals surface area contributed by atoms with Gasteiger partial charge in [0.1, 0.15) is 6.33 Å². The highest BCUT2D eigenvalue weighted by Crippen LogP contribution is 2.26. The van der Waals surface area contributed by atoms with Crippen molar-refractivity contribution in [2.45, 2.75) is 31.1 Å². The van der Waals surface area contributed by atoms with E-state index < -0.39 is 15.9 Å². The average Bonchev–Trinajstić information content (AvgIpc) is 3.34. The molecule has 2 heterocycles. The zero-order chi connectivity index (χ0) is 21.8. The number of piperidine rings is 1. The molecular formula is C21H24N6O3S. The van der Waals surface area contributed by atoms with Crippen molar-refractivity contribution in [3.63, 3.8) is 0 Å². The van der Waals surface area contributed by atoms with Crippen LogP contribution in [0.15, 0.2) is 59.8 Å². The molecule has 3 aromatic rings. The van der Waals surface area contributed by atoms with E-state index in [0.29, 0.717) is 25.1 Å². The van der Waals surface area contributed by atoms with Gasteiger partial charge in [0.05, 0.1) is 16.5 Å². The van der Waals surface area contributed by atoms with Crippen LogP contribution in [-0.4, -0.2) is 51.9 Å². The number of amides is 1. The minimum absolute atomic E-state index is 0.144. The van der Waals surface area contributed by atoms with Crippen molar-refractivity contribution in [2.24, 2.45) is 5.92 Å². The fourth-order valence-corrected chi connectivity index (χ4v) is 5.28. The van der Waals surface area contributed by atoms with Crippen LogP contribution >= 0.6 is 0 Å². The Kier molecular flexibility index (Phi) is 6.10. The van der Waals surface area contributed by atoms with Gasteiger partial charge in [0, 0.05) is 18.8 Å². The van der Waals surface area contributed by atoms with Gasteiger partial charge in [0.2, 0.25) is 15.9 Å². The zero-order valence-electron chi connectivity index (χ0n) is 17.2. The van der Waals surface area contributed by atoms with E-state index in [0.717, 1.165) is 17.7 Å². The molecule has 0 spiro atoms. The molecule has 162 valence electrons. The maximum absolute atomic E-state index is 13.2. The minimum Gasteiger partial charge on any atom is -0.326 e. The first kappa shape index (κ1) is 21.1. The van der Waals surface area contributed by atoms with Crippen LogP contribution in [0.25, 0.3) is 5.69 Å². The van der Waals surface area contributed by atoms with Crippen LogP contribution in [0, 0.1) is 5.92 Å². The molecule has 1 amide bonds. The molecule has 1 atom stereocenters. The van der Waals surface area contributed by atoms with E-state index in [9.17, 15) is 13.2 Å². The van der Waals surface area contributed by atoms with E-state index in [4.69, 9.17) is 0 Å². The van der Waals surface area contributed by atoms with Crippen LogP contribution in [0.3, 0.4) is 0 Å². The van der Waals surface area contributed by atoms with Crippen molar-refractivity contribution < 1.29 is 13.2 Å². The van der Waals surface area contributed by atoms with E-state index in [1.807, 2.05) is 31.2 Å². The van der Waals surface area contributed by atoms with Crippen molar-refractivity contribution in [1.29, 1.82) is 0 Å². The Hall–Kier alpha value is -3.11. The Balaban J connectivity index is 1.47. The molecule has 4 rings (SSSR count). The van der Waals surface area contributed by atoms with E-state index >= 15 is 0 Å². The van der Waals surface area contributed by atoms with E-state index in [2.05, 4.69) is 20.8 Å². The summed E-state index contributed by atoms with van der Waals surface area (Å²) in [6.45, 7) is 2.59. The van der Waals surface area contributed by atoms with Gasteiger partial charge in [-0.1, -0.05) is 25.1 Å². The highest BCUT2D eigenvalue weighted by molar-refractivity contribution is 7.89. The van der Waals surface area contributed by atoms with E-state index in [-0.39, 0.29) is 17.3 Å². The topological polar surface area (TPSA) is 110 Å². The Labute approximate surface area is 181 Å². The van der Waals surface area contributed by atoms with Crippen LogP contribution in [0.1, 0.15) is 25.3 Å². The molecule has 0 unspecified atom stereocenters. The second-order valence-corrected chi connectivity index (χ2v) is 9.39. The third-order valence-corrected chi connectivity index (χ3v) is 7.38. The summed E-state index contributed by atoms with van der Waals surface area (Å²) in [5.74, 6) is -0.538. The number of aryl methyl sites for hydroxylation is 1. The number of nitrogens with zero attached hydrogens (tertiary/aromatic N) is 5. The number of anilines is 1. The van der Waals surface area contributed by atoms with Gasteiger partial charge in [-0.15, -0.1) is 5.10 Å². The smallest absolute Gasteiger partial charge is 0.243 e. The molecule has 0 aliphatic carbocycles. The summed E-state index contributed by atoms with van der Waals surface area (Å²) >= 11 is 0. The summed E-state index contributed by atoms with van der Waals surface area (Å²) in [5, 5.41) is 13.9. The van der Waals surface area contributed by atoms with Crippen LogP contribution in [-0.2, 0) is 21.2 Å². The van der Waals surface area contributed by atoms with Gasteiger partial charge < -0.3 is 5.32 Å². The summed E-state index contributed by atoms with van der Waals surface area (Å²) in [5.41, 5.74) is 2.50. The summed E-state index contributed by atoms with van der Waals surface area (Å²) in [6, 6.07) is 14.0. The van der Waals surface area contributed by atoms with Crippen LogP contribution in [0.5, 0.6) is 0 Å². The number of carbonyl (C=O) groups is 1. The Morgan fingerprint density at radius 2 is 1.94 bits per heavy atom. The van der Waals surface area contributed by atoms with Crippen molar-refractivity contribution >= 4 is 21.6 Å². The molecule has 1 aromatic heterocycles. The highest BCUT2D eigenvalue weighted by atomic mass is 32.2. The third-order valence-electron chi connectivity index (χ3n) is 5.50. The van der Waals surface area contributed by atoms with Gasteiger partial charge in [0.15, 0.2) is 0 Å². The maximum atomic E-state index is 13.2. The molecule has 1 fully saturated rings.